The fraction of sp³-hybridized carbons (Fsp3) is 1.00. The average molecular weight is 215 g/mol. The first kappa shape index (κ1) is 9.16. The molecule has 1 saturated heterocycles. The van der Waals surface area contributed by atoms with E-state index in [0.717, 1.165) is 0 Å². The van der Waals surface area contributed by atoms with Crippen molar-refractivity contribution >= 4 is 10.0 Å². The maximum atomic E-state index is 11.5. The van der Waals surface area contributed by atoms with E-state index in [1.807, 2.05) is 0 Å². The Hall–Kier alpha value is -0.0900. The number of hydrogen-bond acceptors (Lipinski definition) is 2. The molecule has 4 heteroatoms. The molecule has 0 aromatic carbocycles. The number of nitrogens with one attached hydrogen (secondary N) is 1. The van der Waals surface area contributed by atoms with Crippen molar-refractivity contribution in [3.05, 3.63) is 0 Å². The first-order valence-corrected chi connectivity index (χ1v) is 7.07. The summed E-state index contributed by atoms with van der Waals surface area (Å²) in [7, 11) is -2.93. The molecular weight excluding hydrogens is 198 g/mol. The summed E-state index contributed by atoms with van der Waals surface area (Å²) in [5.74, 6) is 1.98. The van der Waals surface area contributed by atoms with Crippen molar-refractivity contribution in [3.63, 3.8) is 0 Å². The Morgan fingerprint density at radius 2 is 1.86 bits per heavy atom. The summed E-state index contributed by atoms with van der Waals surface area (Å²) in [5.41, 5.74) is 0.359. The van der Waals surface area contributed by atoms with E-state index in [2.05, 4.69) is 18.6 Å². The minimum atomic E-state index is -2.93. The molecule has 1 aliphatic heterocycles. The fourth-order valence-electron chi connectivity index (χ4n) is 4.23. The van der Waals surface area contributed by atoms with Crippen molar-refractivity contribution in [2.24, 2.45) is 23.2 Å². The Morgan fingerprint density at radius 1 is 1.21 bits per heavy atom. The van der Waals surface area contributed by atoms with Crippen molar-refractivity contribution in [3.8, 4) is 0 Å². The Balaban J connectivity index is 2.01. The molecule has 0 unspecified atom stereocenters. The SMILES string of the molecule is CC1(C)[C@@H]2CC[C@H]1[C@@H]1NS(=O)(=O)C[C@@H]12. The summed E-state index contributed by atoms with van der Waals surface area (Å²) in [6.45, 7) is 4.61. The molecule has 1 N–H and O–H groups in total. The first-order chi connectivity index (χ1) is 6.42. The quantitative estimate of drug-likeness (QED) is 0.654. The lowest BCUT2D eigenvalue weighted by atomic mass is 9.80. The van der Waals surface area contributed by atoms with Crippen molar-refractivity contribution in [2.75, 3.05) is 5.75 Å². The van der Waals surface area contributed by atoms with E-state index in [1.165, 1.54) is 12.8 Å². The third-order valence-electron chi connectivity index (χ3n) is 4.84. The third kappa shape index (κ3) is 0.936. The molecule has 14 heavy (non-hydrogen) atoms. The molecular formula is C10H17NO2S. The van der Waals surface area contributed by atoms with Gasteiger partial charge in [-0.1, -0.05) is 13.8 Å². The second-order valence-electron chi connectivity index (χ2n) is 5.70. The van der Waals surface area contributed by atoms with Crippen molar-refractivity contribution < 1.29 is 8.42 Å². The average Bonchev–Trinajstić information content (AvgIpc) is 2.54. The molecule has 3 rings (SSSR count). The molecule has 2 bridgehead atoms. The topological polar surface area (TPSA) is 46.2 Å². The summed E-state index contributed by atoms with van der Waals surface area (Å²) < 4.78 is 25.8. The Kier molecular flexibility index (Phi) is 1.54. The Labute approximate surface area is 85.3 Å². The van der Waals surface area contributed by atoms with Gasteiger partial charge in [-0.15, -0.1) is 0 Å². The zero-order valence-electron chi connectivity index (χ0n) is 8.66. The molecule has 2 aliphatic carbocycles. The number of sulfonamides is 1. The molecule has 3 nitrogen and oxygen atoms in total. The molecule has 3 aliphatic rings. The highest BCUT2D eigenvalue weighted by molar-refractivity contribution is 7.89. The second kappa shape index (κ2) is 2.35. The van der Waals surface area contributed by atoms with Crippen LogP contribution in [-0.4, -0.2) is 20.2 Å². The van der Waals surface area contributed by atoms with Gasteiger partial charge in [0.25, 0.3) is 0 Å². The van der Waals surface area contributed by atoms with Crippen LogP contribution in [0.2, 0.25) is 0 Å². The van der Waals surface area contributed by atoms with Crippen molar-refractivity contribution in [1.82, 2.24) is 4.72 Å². The maximum Gasteiger partial charge on any atom is 0.212 e. The van der Waals surface area contributed by atoms with Crippen molar-refractivity contribution in [2.45, 2.75) is 32.7 Å². The molecule has 0 radical (unpaired) electrons. The molecule has 2 saturated carbocycles. The van der Waals surface area contributed by atoms with Gasteiger partial charge >= 0.3 is 0 Å². The van der Waals surface area contributed by atoms with Gasteiger partial charge in [0, 0.05) is 6.04 Å². The molecule has 0 spiro atoms. The lowest BCUT2D eigenvalue weighted by molar-refractivity contribution is 0.240. The van der Waals surface area contributed by atoms with Crippen LogP contribution in [-0.2, 0) is 10.0 Å². The smallest absolute Gasteiger partial charge is 0.212 e. The molecule has 3 fully saturated rings. The standard InChI is InChI=1S/C10H17NO2S/c1-10(2)7-3-4-8(10)9-6(7)5-14(12,13)11-9/h6-9,11H,3-5H2,1-2H3/t6-,7-,8+,9-/m1/s1. The van der Waals surface area contributed by atoms with Crippen LogP contribution in [0.5, 0.6) is 0 Å². The van der Waals surface area contributed by atoms with Gasteiger partial charge in [-0.25, -0.2) is 13.1 Å². The van der Waals surface area contributed by atoms with E-state index in [9.17, 15) is 8.42 Å². The highest BCUT2D eigenvalue weighted by atomic mass is 32.2. The van der Waals surface area contributed by atoms with E-state index in [-0.39, 0.29) is 6.04 Å². The number of hydrogen-bond donors (Lipinski definition) is 1. The predicted octanol–water partition coefficient (Wildman–Crippen LogP) is 0.970. The van der Waals surface area contributed by atoms with Gasteiger partial charge in [-0.3, -0.25) is 0 Å². The van der Waals surface area contributed by atoms with Gasteiger partial charge < -0.3 is 0 Å². The minimum absolute atomic E-state index is 0.258. The van der Waals surface area contributed by atoms with Gasteiger partial charge in [0.05, 0.1) is 5.75 Å². The predicted molar refractivity (Wildman–Crippen MR) is 54.2 cm³/mol. The summed E-state index contributed by atoms with van der Waals surface area (Å²) in [6.07, 6.45) is 2.44. The van der Waals surface area contributed by atoms with E-state index >= 15 is 0 Å². The summed E-state index contributed by atoms with van der Waals surface area (Å²) in [6, 6.07) is 0.258. The van der Waals surface area contributed by atoms with E-state index in [4.69, 9.17) is 0 Å². The van der Waals surface area contributed by atoms with Crippen LogP contribution in [0.15, 0.2) is 0 Å². The van der Waals surface area contributed by atoms with E-state index in [1.54, 1.807) is 0 Å². The van der Waals surface area contributed by atoms with E-state index < -0.39 is 10.0 Å². The molecule has 0 aromatic rings. The Morgan fingerprint density at radius 3 is 2.50 bits per heavy atom. The van der Waals surface area contributed by atoms with E-state index in [0.29, 0.717) is 28.9 Å². The summed E-state index contributed by atoms with van der Waals surface area (Å²) >= 11 is 0. The minimum Gasteiger partial charge on any atom is -0.212 e. The summed E-state index contributed by atoms with van der Waals surface area (Å²) in [4.78, 5) is 0. The highest BCUT2D eigenvalue weighted by Crippen LogP contribution is 2.61. The van der Waals surface area contributed by atoms with Gasteiger partial charge in [-0.05, 0) is 36.0 Å². The third-order valence-corrected chi connectivity index (χ3v) is 6.29. The fourth-order valence-corrected chi connectivity index (χ4v) is 6.03. The van der Waals surface area contributed by atoms with Crippen LogP contribution in [0, 0.1) is 23.2 Å². The van der Waals surface area contributed by atoms with Crippen LogP contribution < -0.4 is 4.72 Å². The molecule has 0 aromatic heterocycles. The second-order valence-corrected chi connectivity index (χ2v) is 7.50. The monoisotopic (exact) mass is 215 g/mol. The van der Waals surface area contributed by atoms with Crippen LogP contribution in [0.4, 0.5) is 0 Å². The van der Waals surface area contributed by atoms with Crippen LogP contribution >= 0.6 is 0 Å². The zero-order valence-corrected chi connectivity index (χ0v) is 9.47. The molecule has 1 heterocycles. The first-order valence-electron chi connectivity index (χ1n) is 5.42. The molecule has 80 valence electrons. The van der Waals surface area contributed by atoms with Crippen LogP contribution in [0.3, 0.4) is 0 Å². The maximum absolute atomic E-state index is 11.5. The van der Waals surface area contributed by atoms with Crippen LogP contribution in [0.25, 0.3) is 0 Å². The van der Waals surface area contributed by atoms with Gasteiger partial charge in [0.15, 0.2) is 0 Å². The summed E-state index contributed by atoms with van der Waals surface area (Å²) in [5, 5.41) is 0. The highest BCUT2D eigenvalue weighted by Gasteiger charge is 2.62. The zero-order chi connectivity index (χ0) is 10.1. The number of fused-ring (bicyclic) bond motifs is 5. The van der Waals surface area contributed by atoms with Crippen molar-refractivity contribution in [1.29, 1.82) is 0 Å². The van der Waals surface area contributed by atoms with Gasteiger partial charge in [0.1, 0.15) is 0 Å². The lowest BCUT2D eigenvalue weighted by Gasteiger charge is -2.26. The Bertz CT molecular complexity index is 346. The van der Waals surface area contributed by atoms with Crippen LogP contribution in [0.1, 0.15) is 26.7 Å². The normalized spacial score (nSPS) is 52.1. The molecule has 0 amide bonds. The van der Waals surface area contributed by atoms with Gasteiger partial charge in [-0.2, -0.15) is 0 Å². The number of rotatable bonds is 0. The largest absolute Gasteiger partial charge is 0.212 e. The lowest BCUT2D eigenvalue weighted by Crippen LogP contribution is -2.35. The van der Waals surface area contributed by atoms with Gasteiger partial charge in [0.2, 0.25) is 10.0 Å². The molecule has 4 atom stereocenters.